The van der Waals surface area contributed by atoms with Crippen molar-refractivity contribution in [1.82, 2.24) is 0 Å². The normalized spacial score (nSPS) is 43.2. The molecule has 0 N–H and O–H groups in total. The van der Waals surface area contributed by atoms with Crippen LogP contribution in [0.25, 0.3) is 0 Å². The summed E-state index contributed by atoms with van der Waals surface area (Å²) in [7, 11) is 0. The van der Waals surface area contributed by atoms with E-state index in [2.05, 4.69) is 26.8 Å². The van der Waals surface area contributed by atoms with Crippen LogP contribution in [0.15, 0.2) is 11.6 Å². The van der Waals surface area contributed by atoms with Crippen molar-refractivity contribution in [1.29, 1.82) is 0 Å². The van der Waals surface area contributed by atoms with Crippen LogP contribution in [0.5, 0.6) is 0 Å². The molecule has 0 bridgehead atoms. The minimum Gasteiger partial charge on any atom is -0.299 e. The second-order valence-electron chi connectivity index (χ2n) is 7.11. The van der Waals surface area contributed by atoms with Gasteiger partial charge in [-0.1, -0.05) is 25.5 Å². The van der Waals surface area contributed by atoms with Crippen LogP contribution in [0, 0.1) is 22.7 Å². The first kappa shape index (κ1) is 11.5. The van der Waals surface area contributed by atoms with Crippen molar-refractivity contribution >= 4 is 5.78 Å². The number of allylic oxidation sites excluding steroid dienone is 2. The molecule has 0 aromatic carbocycles. The number of rotatable bonds is 2. The van der Waals surface area contributed by atoms with E-state index in [9.17, 15) is 4.79 Å². The van der Waals surface area contributed by atoms with Gasteiger partial charge < -0.3 is 0 Å². The van der Waals surface area contributed by atoms with Crippen LogP contribution in [0.2, 0.25) is 0 Å². The predicted octanol–water partition coefficient (Wildman–Crippen LogP) is 4.13. The highest BCUT2D eigenvalue weighted by Crippen LogP contribution is 2.64. The van der Waals surface area contributed by atoms with Crippen LogP contribution in [-0.2, 0) is 4.79 Å². The van der Waals surface area contributed by atoms with Crippen molar-refractivity contribution in [3.63, 3.8) is 0 Å². The fraction of sp³-hybridized carbons (Fsp3) is 0.812. The van der Waals surface area contributed by atoms with Crippen molar-refractivity contribution in [2.45, 2.75) is 59.3 Å². The average molecular weight is 232 g/mol. The Kier molecular flexibility index (Phi) is 2.34. The van der Waals surface area contributed by atoms with E-state index in [1.807, 2.05) is 0 Å². The van der Waals surface area contributed by atoms with Gasteiger partial charge in [0.25, 0.3) is 0 Å². The highest BCUT2D eigenvalue weighted by Gasteiger charge is 2.61. The molecule has 3 unspecified atom stereocenters. The van der Waals surface area contributed by atoms with Crippen molar-refractivity contribution in [3.05, 3.63) is 11.6 Å². The monoisotopic (exact) mass is 232 g/mol. The number of ketones is 1. The fourth-order valence-corrected chi connectivity index (χ4v) is 4.22. The van der Waals surface area contributed by atoms with E-state index in [1.54, 1.807) is 5.57 Å². The molecule has 0 radical (unpaired) electrons. The second kappa shape index (κ2) is 3.46. The summed E-state index contributed by atoms with van der Waals surface area (Å²) in [5.41, 5.74) is 2.09. The molecule has 0 aliphatic heterocycles. The smallest absolute Gasteiger partial charge is 0.139 e. The maximum absolute atomic E-state index is 12.0. The zero-order valence-electron chi connectivity index (χ0n) is 11.4. The molecule has 94 valence electrons. The first-order valence-electron chi connectivity index (χ1n) is 7.17. The Morgan fingerprint density at radius 2 is 2.12 bits per heavy atom. The lowest BCUT2D eigenvalue weighted by Gasteiger charge is -2.30. The third kappa shape index (κ3) is 1.54. The molecule has 17 heavy (non-hydrogen) atoms. The van der Waals surface area contributed by atoms with Gasteiger partial charge in [0.15, 0.2) is 0 Å². The summed E-state index contributed by atoms with van der Waals surface area (Å²) in [5, 5.41) is 0. The van der Waals surface area contributed by atoms with Gasteiger partial charge in [-0.15, -0.1) is 0 Å². The van der Waals surface area contributed by atoms with Crippen LogP contribution < -0.4 is 0 Å². The summed E-state index contributed by atoms with van der Waals surface area (Å²) in [6.07, 6.45) is 9.35. The summed E-state index contributed by atoms with van der Waals surface area (Å²) >= 11 is 0. The quantitative estimate of drug-likeness (QED) is 0.654. The van der Waals surface area contributed by atoms with E-state index in [-0.39, 0.29) is 5.41 Å². The SMILES string of the molecule is CC1=CCC(CC2CC23CCCC3=O)C1(C)C. The summed E-state index contributed by atoms with van der Waals surface area (Å²) in [6, 6.07) is 0. The van der Waals surface area contributed by atoms with Gasteiger partial charge in [-0.25, -0.2) is 0 Å². The number of carbonyl (C=O) groups excluding carboxylic acids is 1. The molecule has 3 rings (SSSR count). The highest BCUT2D eigenvalue weighted by atomic mass is 16.1. The number of carbonyl (C=O) groups is 1. The Hall–Kier alpha value is -0.590. The maximum Gasteiger partial charge on any atom is 0.139 e. The summed E-state index contributed by atoms with van der Waals surface area (Å²) in [6.45, 7) is 7.02. The third-order valence-corrected chi connectivity index (χ3v) is 6.13. The molecule has 3 aliphatic carbocycles. The van der Waals surface area contributed by atoms with Crippen molar-refractivity contribution in [2.24, 2.45) is 22.7 Å². The fourth-order valence-electron chi connectivity index (χ4n) is 4.22. The lowest BCUT2D eigenvalue weighted by atomic mass is 9.74. The zero-order valence-corrected chi connectivity index (χ0v) is 11.4. The van der Waals surface area contributed by atoms with Crippen LogP contribution >= 0.6 is 0 Å². The van der Waals surface area contributed by atoms with Gasteiger partial charge in [-0.2, -0.15) is 0 Å². The zero-order chi connectivity index (χ0) is 12.3. The number of Topliss-reactive ketones (excluding diaryl/α,β-unsaturated/α-hetero) is 1. The molecule has 0 aromatic rings. The molecular formula is C16H24O. The maximum atomic E-state index is 12.0. The van der Waals surface area contributed by atoms with Crippen LogP contribution in [0.4, 0.5) is 0 Å². The number of hydrogen-bond acceptors (Lipinski definition) is 1. The molecule has 3 aliphatic rings. The Bertz CT molecular complexity index is 390. The van der Waals surface area contributed by atoms with E-state index in [1.165, 1.54) is 25.7 Å². The molecular weight excluding hydrogens is 208 g/mol. The molecule has 3 atom stereocenters. The lowest BCUT2D eigenvalue weighted by molar-refractivity contribution is -0.122. The molecule has 0 heterocycles. The first-order valence-corrected chi connectivity index (χ1v) is 7.17. The van der Waals surface area contributed by atoms with E-state index in [0.29, 0.717) is 11.2 Å². The lowest BCUT2D eigenvalue weighted by Crippen LogP contribution is -2.22. The van der Waals surface area contributed by atoms with Crippen molar-refractivity contribution in [2.75, 3.05) is 0 Å². The molecule has 1 spiro atoms. The largest absolute Gasteiger partial charge is 0.299 e. The van der Waals surface area contributed by atoms with Gasteiger partial charge >= 0.3 is 0 Å². The van der Waals surface area contributed by atoms with Crippen LogP contribution in [-0.4, -0.2) is 5.78 Å². The molecule has 0 aromatic heterocycles. The number of hydrogen-bond donors (Lipinski definition) is 0. The van der Waals surface area contributed by atoms with Gasteiger partial charge in [0.1, 0.15) is 5.78 Å². The minimum absolute atomic E-state index is 0.173. The molecule has 0 amide bonds. The van der Waals surface area contributed by atoms with Gasteiger partial charge in [0, 0.05) is 11.8 Å². The summed E-state index contributed by atoms with van der Waals surface area (Å²) < 4.78 is 0. The van der Waals surface area contributed by atoms with Gasteiger partial charge in [0.05, 0.1) is 0 Å². The Morgan fingerprint density at radius 3 is 2.65 bits per heavy atom. The molecule has 1 nitrogen and oxygen atoms in total. The standard InChI is InChI=1S/C16H24O/c1-11-6-7-12(15(11,2)3)9-13-10-16(13)8-4-5-14(16)17/h6,12-13H,4-5,7-10H2,1-3H3. The van der Waals surface area contributed by atoms with E-state index < -0.39 is 0 Å². The van der Waals surface area contributed by atoms with Crippen molar-refractivity contribution in [3.8, 4) is 0 Å². The van der Waals surface area contributed by atoms with Gasteiger partial charge in [0.2, 0.25) is 0 Å². The van der Waals surface area contributed by atoms with Crippen LogP contribution in [0.3, 0.4) is 0 Å². The summed E-state index contributed by atoms with van der Waals surface area (Å²) in [4.78, 5) is 12.0. The topological polar surface area (TPSA) is 17.1 Å². The predicted molar refractivity (Wildman–Crippen MR) is 69.7 cm³/mol. The highest BCUT2D eigenvalue weighted by molar-refractivity contribution is 5.89. The van der Waals surface area contributed by atoms with Crippen molar-refractivity contribution < 1.29 is 4.79 Å². The third-order valence-electron chi connectivity index (χ3n) is 6.13. The molecule has 2 saturated carbocycles. The van der Waals surface area contributed by atoms with Crippen LogP contribution in [0.1, 0.15) is 59.3 Å². The minimum atomic E-state index is 0.173. The van der Waals surface area contributed by atoms with Gasteiger partial charge in [-0.05, 0) is 56.3 Å². The van der Waals surface area contributed by atoms with E-state index in [4.69, 9.17) is 0 Å². The second-order valence-corrected chi connectivity index (χ2v) is 7.11. The molecule has 2 fully saturated rings. The van der Waals surface area contributed by atoms with E-state index >= 15 is 0 Å². The Labute approximate surface area is 105 Å². The molecule has 1 heteroatoms. The first-order chi connectivity index (χ1) is 7.97. The molecule has 0 saturated heterocycles. The van der Waals surface area contributed by atoms with E-state index in [0.717, 1.165) is 24.7 Å². The Morgan fingerprint density at radius 1 is 1.35 bits per heavy atom. The Balaban J connectivity index is 1.66. The summed E-state index contributed by atoms with van der Waals surface area (Å²) in [5.74, 6) is 2.09. The average Bonchev–Trinajstić information content (AvgIpc) is 2.75. The van der Waals surface area contributed by atoms with Gasteiger partial charge in [-0.3, -0.25) is 4.79 Å².